The lowest BCUT2D eigenvalue weighted by Gasteiger charge is -2.09. The molecule has 1 aromatic heterocycles. The number of carbonyl (C=O) groups is 2. The van der Waals surface area contributed by atoms with Crippen LogP contribution in [0.3, 0.4) is 0 Å². The molecule has 8 nitrogen and oxygen atoms in total. The van der Waals surface area contributed by atoms with Crippen LogP contribution in [-0.2, 0) is 4.74 Å². The van der Waals surface area contributed by atoms with Crippen LogP contribution in [0.25, 0.3) is 23.0 Å². The van der Waals surface area contributed by atoms with Crippen molar-refractivity contribution in [2.45, 2.75) is 0 Å². The topological polar surface area (TPSA) is 88.9 Å². The maximum absolute atomic E-state index is 13.2. The minimum atomic E-state index is -0.525. The van der Waals surface area contributed by atoms with E-state index >= 15 is 0 Å². The summed E-state index contributed by atoms with van der Waals surface area (Å²) in [6.07, 6.45) is 3.48. The zero-order valence-electron chi connectivity index (χ0n) is 19.8. The molecule has 4 aromatic rings. The summed E-state index contributed by atoms with van der Waals surface area (Å²) in [6.45, 7) is 0. The van der Waals surface area contributed by atoms with Gasteiger partial charge in [-0.1, -0.05) is 18.2 Å². The fourth-order valence-electron chi connectivity index (χ4n) is 3.99. The third kappa shape index (κ3) is 4.09. The van der Waals surface area contributed by atoms with Crippen molar-refractivity contribution in [1.29, 1.82) is 0 Å². The van der Waals surface area contributed by atoms with Crippen LogP contribution < -0.4 is 14.2 Å². The number of allylic oxidation sites excluding steroid dienone is 1. The Morgan fingerprint density at radius 3 is 2.44 bits per heavy atom. The number of benzene rings is 3. The van der Waals surface area contributed by atoms with E-state index in [1.807, 2.05) is 48.7 Å². The maximum Gasteiger partial charge on any atom is 0.337 e. The van der Waals surface area contributed by atoms with E-state index in [1.165, 1.54) is 13.2 Å². The Bertz CT molecular complexity index is 1500. The number of esters is 1. The second-order valence-corrected chi connectivity index (χ2v) is 7.93. The largest absolute Gasteiger partial charge is 0.493 e. The highest BCUT2D eigenvalue weighted by Crippen LogP contribution is 2.36. The molecule has 1 aliphatic heterocycles. The van der Waals surface area contributed by atoms with Crippen LogP contribution >= 0.6 is 0 Å². The average Bonchev–Trinajstić information content (AvgIpc) is 3.49. The van der Waals surface area contributed by atoms with Gasteiger partial charge in [-0.3, -0.25) is 4.79 Å². The van der Waals surface area contributed by atoms with Crippen LogP contribution in [0.2, 0.25) is 0 Å². The number of para-hydroxylation sites is 1. The number of aromatic nitrogens is 2. The van der Waals surface area contributed by atoms with Crippen LogP contribution in [0.4, 0.5) is 0 Å². The van der Waals surface area contributed by atoms with Gasteiger partial charge in [-0.2, -0.15) is 5.10 Å². The monoisotopic (exact) mass is 482 g/mol. The Kier molecular flexibility index (Phi) is 6.00. The number of methoxy groups -OCH3 is 3. The summed E-state index contributed by atoms with van der Waals surface area (Å²) in [5.41, 5.74) is 3.48. The molecular formula is C28H22N2O6. The predicted molar refractivity (Wildman–Crippen MR) is 133 cm³/mol. The summed E-state index contributed by atoms with van der Waals surface area (Å²) >= 11 is 0. The molecule has 0 amide bonds. The molecule has 1 aliphatic rings. The molecular weight excluding hydrogens is 460 g/mol. The van der Waals surface area contributed by atoms with Crippen LogP contribution in [0.15, 0.2) is 78.7 Å². The molecule has 8 heteroatoms. The second kappa shape index (κ2) is 9.42. The van der Waals surface area contributed by atoms with Crippen molar-refractivity contribution in [2.24, 2.45) is 0 Å². The van der Waals surface area contributed by atoms with Crippen LogP contribution in [0.5, 0.6) is 17.2 Å². The van der Waals surface area contributed by atoms with E-state index in [4.69, 9.17) is 24.0 Å². The minimum Gasteiger partial charge on any atom is -0.493 e. The van der Waals surface area contributed by atoms with Crippen molar-refractivity contribution in [1.82, 2.24) is 9.78 Å². The Morgan fingerprint density at radius 2 is 1.72 bits per heavy atom. The number of rotatable bonds is 6. The fraction of sp³-hybridized carbons (Fsp3) is 0.107. The summed E-state index contributed by atoms with van der Waals surface area (Å²) in [5.74, 6) is 0.793. The summed E-state index contributed by atoms with van der Waals surface area (Å²) in [5, 5.41) is 4.79. The molecule has 2 heterocycles. The minimum absolute atomic E-state index is 0.126. The third-order valence-corrected chi connectivity index (χ3v) is 5.80. The number of nitrogens with zero attached hydrogens (tertiary/aromatic N) is 2. The number of ketones is 1. The van der Waals surface area contributed by atoms with Crippen molar-refractivity contribution in [3.63, 3.8) is 0 Å². The molecule has 0 saturated heterocycles. The average molecular weight is 482 g/mol. The van der Waals surface area contributed by atoms with Gasteiger partial charge in [0, 0.05) is 17.3 Å². The van der Waals surface area contributed by atoms with Crippen LogP contribution in [0.1, 0.15) is 26.3 Å². The molecule has 0 saturated carbocycles. The highest BCUT2D eigenvalue weighted by molar-refractivity contribution is 6.15. The van der Waals surface area contributed by atoms with E-state index in [-0.39, 0.29) is 17.1 Å². The molecule has 0 bridgehead atoms. The molecule has 5 rings (SSSR count). The molecule has 0 spiro atoms. The predicted octanol–water partition coefficient (Wildman–Crippen LogP) is 4.96. The summed E-state index contributed by atoms with van der Waals surface area (Å²) in [7, 11) is 4.43. The lowest BCUT2D eigenvalue weighted by atomic mass is 10.0. The molecule has 0 unspecified atom stereocenters. The lowest BCUT2D eigenvalue weighted by molar-refractivity contribution is 0.0600. The zero-order valence-corrected chi connectivity index (χ0v) is 19.8. The van der Waals surface area contributed by atoms with E-state index in [9.17, 15) is 9.59 Å². The van der Waals surface area contributed by atoms with Gasteiger partial charge in [0.15, 0.2) is 17.3 Å². The van der Waals surface area contributed by atoms with Gasteiger partial charge in [0.25, 0.3) is 0 Å². The van der Waals surface area contributed by atoms with Crippen molar-refractivity contribution >= 4 is 17.8 Å². The SMILES string of the molecule is COC(=O)c1ccc2c(c1)C(=O)C(=Cc1cn(-c3ccccc3)nc1-c1ccc(OC)c(OC)c1)O2. The zero-order chi connectivity index (χ0) is 25.2. The Hall–Kier alpha value is -4.85. The van der Waals surface area contributed by atoms with Crippen molar-refractivity contribution in [3.8, 4) is 34.2 Å². The highest BCUT2D eigenvalue weighted by atomic mass is 16.5. The summed E-state index contributed by atoms with van der Waals surface area (Å²) in [4.78, 5) is 25.1. The normalized spacial score (nSPS) is 13.3. The van der Waals surface area contributed by atoms with E-state index in [2.05, 4.69) is 0 Å². The van der Waals surface area contributed by atoms with Gasteiger partial charge in [-0.05, 0) is 54.6 Å². The number of ether oxygens (including phenoxy) is 4. The molecule has 36 heavy (non-hydrogen) atoms. The molecule has 0 aliphatic carbocycles. The smallest absolute Gasteiger partial charge is 0.337 e. The van der Waals surface area contributed by atoms with Crippen LogP contribution in [0, 0.1) is 0 Å². The number of fused-ring (bicyclic) bond motifs is 1. The van der Waals surface area contributed by atoms with E-state index in [1.54, 1.807) is 43.2 Å². The van der Waals surface area contributed by atoms with Gasteiger partial charge in [0.05, 0.1) is 38.1 Å². The first-order valence-electron chi connectivity index (χ1n) is 11.1. The first-order valence-corrected chi connectivity index (χ1v) is 11.1. The molecule has 0 N–H and O–H groups in total. The lowest BCUT2D eigenvalue weighted by Crippen LogP contribution is -2.03. The van der Waals surface area contributed by atoms with E-state index in [0.717, 1.165) is 11.3 Å². The van der Waals surface area contributed by atoms with Gasteiger partial charge in [0.2, 0.25) is 5.78 Å². The van der Waals surface area contributed by atoms with Gasteiger partial charge in [-0.15, -0.1) is 0 Å². The van der Waals surface area contributed by atoms with Gasteiger partial charge in [-0.25, -0.2) is 9.48 Å². The van der Waals surface area contributed by atoms with E-state index < -0.39 is 5.97 Å². The second-order valence-electron chi connectivity index (χ2n) is 7.93. The molecule has 0 atom stereocenters. The maximum atomic E-state index is 13.2. The Morgan fingerprint density at radius 1 is 0.944 bits per heavy atom. The third-order valence-electron chi connectivity index (χ3n) is 5.80. The first-order chi connectivity index (χ1) is 17.5. The standard InChI is InChI=1S/C28H22N2O6/c1-33-23-12-9-17(14-24(23)34-2)26-19(16-30(29-26)20-7-5-4-6-8-20)15-25-27(31)21-13-18(28(32)35-3)10-11-22(21)36-25/h4-16H,1-3H3. The molecule has 3 aromatic carbocycles. The van der Waals surface area contributed by atoms with Gasteiger partial charge in [0.1, 0.15) is 11.4 Å². The molecule has 180 valence electrons. The van der Waals surface area contributed by atoms with Gasteiger partial charge >= 0.3 is 5.97 Å². The molecule has 0 radical (unpaired) electrons. The Labute approximate surface area is 207 Å². The van der Waals surface area contributed by atoms with Crippen LogP contribution in [-0.4, -0.2) is 42.9 Å². The molecule has 0 fully saturated rings. The Balaban J connectivity index is 1.60. The summed E-state index contributed by atoms with van der Waals surface area (Å²) in [6, 6.07) is 19.8. The van der Waals surface area contributed by atoms with Crippen molar-refractivity contribution in [3.05, 3.63) is 95.4 Å². The van der Waals surface area contributed by atoms with Crippen molar-refractivity contribution in [2.75, 3.05) is 21.3 Å². The van der Waals surface area contributed by atoms with Gasteiger partial charge < -0.3 is 18.9 Å². The van der Waals surface area contributed by atoms with E-state index in [0.29, 0.717) is 34.1 Å². The number of hydrogen-bond acceptors (Lipinski definition) is 7. The number of carbonyl (C=O) groups excluding carboxylic acids is 2. The summed E-state index contributed by atoms with van der Waals surface area (Å²) < 4.78 is 23.2. The highest BCUT2D eigenvalue weighted by Gasteiger charge is 2.29. The fourth-order valence-corrected chi connectivity index (χ4v) is 3.99. The number of hydrogen-bond donors (Lipinski definition) is 0. The first kappa shape index (κ1) is 22.9. The quantitative estimate of drug-likeness (QED) is 0.283. The number of Topliss-reactive ketones (excluding diaryl/α,β-unsaturated/α-hetero) is 1. The van der Waals surface area contributed by atoms with Crippen molar-refractivity contribution < 1.29 is 28.5 Å².